The smallest absolute Gasteiger partial charge is 0.356 e. The van der Waals surface area contributed by atoms with Crippen LogP contribution in [-0.4, -0.2) is 51.2 Å². The molecule has 2 unspecified atom stereocenters. The van der Waals surface area contributed by atoms with Crippen LogP contribution in [-0.2, 0) is 20.9 Å². The Bertz CT molecular complexity index is 823. The van der Waals surface area contributed by atoms with Crippen LogP contribution >= 0.6 is 11.8 Å². The topological polar surface area (TPSA) is 136 Å². The van der Waals surface area contributed by atoms with Crippen LogP contribution in [0.3, 0.4) is 0 Å². The van der Waals surface area contributed by atoms with Crippen molar-refractivity contribution >= 4 is 29.3 Å². The lowest BCUT2D eigenvalue weighted by molar-refractivity contribution is -0.384. The van der Waals surface area contributed by atoms with Gasteiger partial charge in [-0.2, -0.15) is 0 Å². The zero-order valence-electron chi connectivity index (χ0n) is 15.2. The van der Waals surface area contributed by atoms with E-state index in [-0.39, 0.29) is 29.9 Å². The summed E-state index contributed by atoms with van der Waals surface area (Å²) in [6, 6.07) is 5.46. The van der Waals surface area contributed by atoms with E-state index in [2.05, 4.69) is 0 Å². The van der Waals surface area contributed by atoms with Crippen molar-refractivity contribution in [3.63, 3.8) is 0 Å². The number of amides is 1. The van der Waals surface area contributed by atoms with Crippen LogP contribution in [0.2, 0.25) is 0 Å². The van der Waals surface area contributed by atoms with Gasteiger partial charge in [-0.05, 0) is 24.6 Å². The summed E-state index contributed by atoms with van der Waals surface area (Å²) >= 11 is 1.41. The predicted octanol–water partition coefficient (Wildman–Crippen LogP) is 1.15. The first-order chi connectivity index (χ1) is 13.3. The molecule has 0 spiro atoms. The van der Waals surface area contributed by atoms with Gasteiger partial charge in [0.2, 0.25) is 5.91 Å². The fourth-order valence-electron chi connectivity index (χ4n) is 3.46. The van der Waals surface area contributed by atoms with Crippen LogP contribution in [0.25, 0.3) is 0 Å². The number of aliphatic hydroxyl groups is 1. The Balaban J connectivity index is 1.72. The van der Waals surface area contributed by atoms with Crippen LogP contribution in [0.4, 0.5) is 5.69 Å². The van der Waals surface area contributed by atoms with E-state index in [0.29, 0.717) is 24.3 Å². The van der Waals surface area contributed by atoms with Gasteiger partial charge in [0.25, 0.3) is 5.69 Å². The number of nitrogens with two attached hydrogens (primary N) is 1. The molecule has 3 rings (SSSR count). The summed E-state index contributed by atoms with van der Waals surface area (Å²) in [6.45, 7) is 1.93. The highest BCUT2D eigenvalue weighted by Gasteiger charge is 2.56. The van der Waals surface area contributed by atoms with E-state index >= 15 is 0 Å². The summed E-state index contributed by atoms with van der Waals surface area (Å²) in [5.41, 5.74) is 6.32. The minimum atomic E-state index is -0.787. The number of carbonyl (C=O) groups is 2. The number of β-lactam (4-membered cyclic amide) rings is 1. The molecule has 0 aliphatic carbocycles. The summed E-state index contributed by atoms with van der Waals surface area (Å²) in [7, 11) is 0. The highest BCUT2D eigenvalue weighted by atomic mass is 32.2. The highest BCUT2D eigenvalue weighted by molar-refractivity contribution is 8.03. The molecule has 2 aliphatic rings. The van der Waals surface area contributed by atoms with Crippen molar-refractivity contribution in [1.82, 2.24) is 4.90 Å². The summed E-state index contributed by atoms with van der Waals surface area (Å²) in [5, 5.41) is 20.5. The number of rotatable bonds is 8. The van der Waals surface area contributed by atoms with Gasteiger partial charge in [0.15, 0.2) is 0 Å². The number of carbonyl (C=O) groups excluding carboxylic acids is 2. The van der Waals surface area contributed by atoms with E-state index in [0.717, 1.165) is 4.91 Å². The van der Waals surface area contributed by atoms with E-state index in [4.69, 9.17) is 10.5 Å². The van der Waals surface area contributed by atoms with E-state index in [1.165, 1.54) is 40.9 Å². The van der Waals surface area contributed by atoms with E-state index in [1.807, 2.05) is 0 Å². The maximum Gasteiger partial charge on any atom is 0.356 e. The first kappa shape index (κ1) is 20.3. The summed E-state index contributed by atoms with van der Waals surface area (Å²) in [5.74, 6) is -0.834. The minimum Gasteiger partial charge on any atom is -0.456 e. The fraction of sp³-hybridized carbons (Fsp3) is 0.444. The Morgan fingerprint density at radius 2 is 2.14 bits per heavy atom. The van der Waals surface area contributed by atoms with Crippen molar-refractivity contribution in [2.45, 2.75) is 32.1 Å². The lowest BCUT2D eigenvalue weighted by Gasteiger charge is -2.44. The molecule has 28 heavy (non-hydrogen) atoms. The highest BCUT2D eigenvalue weighted by Crippen LogP contribution is 2.47. The Morgan fingerprint density at radius 3 is 2.71 bits per heavy atom. The number of hydrogen-bond donors (Lipinski definition) is 2. The number of hydrogen-bond acceptors (Lipinski definition) is 8. The summed E-state index contributed by atoms with van der Waals surface area (Å²) < 4.78 is 5.35. The quantitative estimate of drug-likeness (QED) is 0.283. The minimum absolute atomic E-state index is 0.0489. The van der Waals surface area contributed by atoms with E-state index in [1.54, 1.807) is 6.92 Å². The largest absolute Gasteiger partial charge is 0.456 e. The maximum atomic E-state index is 12.7. The zero-order chi connectivity index (χ0) is 20.4. The predicted molar refractivity (Wildman–Crippen MR) is 102 cm³/mol. The van der Waals surface area contributed by atoms with Gasteiger partial charge in [0.1, 0.15) is 12.3 Å². The first-order valence-corrected chi connectivity index (χ1v) is 9.81. The van der Waals surface area contributed by atoms with Crippen LogP contribution in [0.15, 0.2) is 34.9 Å². The number of esters is 1. The number of ether oxygens (including phenoxy) is 1. The summed E-state index contributed by atoms with van der Waals surface area (Å²) in [4.78, 5) is 37.5. The number of aliphatic hydroxyl groups excluding tert-OH is 1. The molecule has 2 aliphatic heterocycles. The first-order valence-electron chi connectivity index (χ1n) is 8.82. The van der Waals surface area contributed by atoms with E-state index < -0.39 is 22.9 Å². The van der Waals surface area contributed by atoms with Gasteiger partial charge in [-0.3, -0.25) is 14.9 Å². The van der Waals surface area contributed by atoms with Gasteiger partial charge in [0.05, 0.1) is 23.0 Å². The average molecular weight is 407 g/mol. The number of nitro groups is 1. The maximum absolute atomic E-state index is 12.7. The number of benzene rings is 1. The number of non-ortho nitro benzene ring substituents is 1. The van der Waals surface area contributed by atoms with Crippen molar-refractivity contribution in [2.24, 2.45) is 11.7 Å². The number of nitrogens with zero attached hydrogens (tertiary/aromatic N) is 2. The van der Waals surface area contributed by atoms with Crippen LogP contribution in [0, 0.1) is 16.0 Å². The number of nitro benzene ring substituents is 1. The third-order valence-corrected chi connectivity index (χ3v) is 5.94. The van der Waals surface area contributed by atoms with Crippen LogP contribution < -0.4 is 5.73 Å². The molecule has 3 atom stereocenters. The molecular formula is C18H21N3O6S. The lowest BCUT2D eigenvalue weighted by Crippen LogP contribution is -2.61. The molecule has 10 heteroatoms. The molecule has 0 radical (unpaired) electrons. The van der Waals surface area contributed by atoms with Gasteiger partial charge < -0.3 is 20.5 Å². The number of thioether (sulfide) groups is 1. The molecule has 1 amide bonds. The third-order valence-electron chi connectivity index (χ3n) is 4.79. The van der Waals surface area contributed by atoms with Gasteiger partial charge in [-0.15, -0.1) is 11.8 Å². The molecule has 0 bridgehead atoms. The molecular weight excluding hydrogens is 386 g/mol. The van der Waals surface area contributed by atoms with Gasteiger partial charge in [0, 0.05) is 35.8 Å². The Hall–Kier alpha value is -2.43. The average Bonchev–Trinajstić information content (AvgIpc) is 2.98. The van der Waals surface area contributed by atoms with E-state index in [9.17, 15) is 24.8 Å². The van der Waals surface area contributed by atoms with Crippen LogP contribution in [0.1, 0.15) is 18.9 Å². The molecule has 1 saturated heterocycles. The lowest BCUT2D eigenvalue weighted by atomic mass is 9.83. The Morgan fingerprint density at radius 1 is 1.46 bits per heavy atom. The van der Waals surface area contributed by atoms with Crippen molar-refractivity contribution in [2.75, 3.05) is 12.3 Å². The second-order valence-corrected chi connectivity index (χ2v) is 7.84. The monoisotopic (exact) mass is 407 g/mol. The molecule has 150 valence electrons. The van der Waals surface area contributed by atoms with Crippen LogP contribution in [0.5, 0.6) is 0 Å². The fourth-order valence-corrected chi connectivity index (χ4v) is 4.43. The van der Waals surface area contributed by atoms with Crippen molar-refractivity contribution < 1.29 is 24.4 Å². The molecule has 0 saturated carbocycles. The Labute approximate surface area is 165 Å². The molecule has 1 fully saturated rings. The number of fused-ring (bicyclic) bond motifs is 1. The SMILES string of the molecule is C[C@@H](O)C1C(=O)N2C(C(=O)OCc3ccc([N+](=O)[O-])cc3)=C(SCCN)CC12. The van der Waals surface area contributed by atoms with Gasteiger partial charge in [-0.1, -0.05) is 0 Å². The molecule has 1 aromatic carbocycles. The van der Waals surface area contributed by atoms with Crippen molar-refractivity contribution in [1.29, 1.82) is 0 Å². The third kappa shape index (κ3) is 3.75. The second kappa shape index (κ2) is 8.29. The van der Waals surface area contributed by atoms with Gasteiger partial charge >= 0.3 is 5.97 Å². The molecule has 1 aromatic rings. The van der Waals surface area contributed by atoms with Gasteiger partial charge in [-0.25, -0.2) is 4.79 Å². The standard InChI is InChI=1S/C18H21N3O6S/c1-10(22)15-13-8-14(28-7-6-19)16(20(13)17(15)23)18(24)27-9-11-2-4-12(5-3-11)21(25)26/h2-5,10,13,15,22H,6-9,19H2,1H3/t10-,13?,15?/m1/s1. The zero-order valence-corrected chi connectivity index (χ0v) is 16.1. The summed E-state index contributed by atoms with van der Waals surface area (Å²) in [6.07, 6.45) is -0.293. The Kier molecular flexibility index (Phi) is 6.01. The molecule has 0 aromatic heterocycles. The second-order valence-electron chi connectivity index (χ2n) is 6.65. The molecule has 3 N–H and O–H groups in total. The molecule has 2 heterocycles. The van der Waals surface area contributed by atoms with Crippen molar-refractivity contribution in [3.05, 3.63) is 50.5 Å². The molecule has 9 nitrogen and oxygen atoms in total. The normalized spacial score (nSPS) is 22.0. The van der Waals surface area contributed by atoms with Crippen molar-refractivity contribution in [3.8, 4) is 0 Å².